The number of nitrogens with zero attached hydrogens (tertiary/aromatic N) is 4. The van der Waals surface area contributed by atoms with Gasteiger partial charge in [0.2, 0.25) is 0 Å². The molecule has 1 aromatic rings. The number of amides is 3. The molecule has 0 aliphatic heterocycles. The number of aromatic nitrogens is 3. The van der Waals surface area contributed by atoms with E-state index in [2.05, 4.69) is 30.4 Å². The number of alkyl carbamates (subject to hydrolysis) is 2. The molecule has 56 heavy (non-hydrogen) atoms. The zero-order valence-electron chi connectivity index (χ0n) is 33.0. The monoisotopic (exact) mass is 796 g/mol. The molecule has 2 N–H and O–H groups in total. The van der Waals surface area contributed by atoms with Crippen LogP contribution in [-0.4, -0.2) is 120 Å². The minimum atomic E-state index is -1.20. The maximum absolute atomic E-state index is 13.7. The molecule has 0 saturated carbocycles. The fourth-order valence-electron chi connectivity index (χ4n) is 4.18. The van der Waals surface area contributed by atoms with Gasteiger partial charge in [-0.1, -0.05) is 19.7 Å². The van der Waals surface area contributed by atoms with E-state index < -0.39 is 104 Å². The number of esters is 3. The van der Waals surface area contributed by atoms with Crippen molar-refractivity contribution in [3.05, 3.63) is 67.9 Å². The number of ether oxygens (including phenoxy) is 6. The van der Waals surface area contributed by atoms with Crippen LogP contribution in [0.4, 0.5) is 14.4 Å². The van der Waals surface area contributed by atoms with Gasteiger partial charge in [-0.05, 0) is 48.5 Å². The number of hydrogen-bond donors (Lipinski definition) is 2. The van der Waals surface area contributed by atoms with Gasteiger partial charge in [-0.25, -0.2) is 56.9 Å². The number of carbonyl (C=O) groups is 6. The predicted molar refractivity (Wildman–Crippen MR) is 198 cm³/mol. The van der Waals surface area contributed by atoms with Gasteiger partial charge in [-0.15, -0.1) is 0 Å². The third-order valence-electron chi connectivity index (χ3n) is 7.93. The smallest absolute Gasteiger partial charge is 0.410 e. The summed E-state index contributed by atoms with van der Waals surface area (Å²) in [6.07, 6.45) is -4.77. The lowest BCUT2D eigenvalue weighted by atomic mass is 10.2. The van der Waals surface area contributed by atoms with Crippen LogP contribution in [0.2, 0.25) is 0 Å². The van der Waals surface area contributed by atoms with Crippen molar-refractivity contribution >= 4 is 36.2 Å². The predicted octanol–water partition coefficient (Wildman–Crippen LogP) is 0.777. The second-order valence-electron chi connectivity index (χ2n) is 12.6. The van der Waals surface area contributed by atoms with E-state index in [1.165, 1.54) is 41.7 Å². The minimum Gasteiger partial charge on any atom is -0.460 e. The Hall–Kier alpha value is -6.15. The largest absolute Gasteiger partial charge is 0.460 e. The zero-order chi connectivity index (χ0) is 42.9. The molecule has 1 heterocycles. The van der Waals surface area contributed by atoms with Gasteiger partial charge < -0.3 is 44.0 Å². The van der Waals surface area contributed by atoms with Crippen LogP contribution in [0.1, 0.15) is 54.5 Å². The Labute approximate surface area is 322 Å². The highest BCUT2D eigenvalue weighted by atomic mass is 16.6. The molecule has 3 amide bonds. The minimum absolute atomic E-state index is 0.122. The van der Waals surface area contributed by atoms with E-state index in [1.807, 2.05) is 0 Å². The molecule has 0 aliphatic carbocycles. The average Bonchev–Trinajstić information content (AvgIpc) is 3.13. The first-order valence-corrected chi connectivity index (χ1v) is 17.3. The number of likely N-dealkylation sites (N-methyl/N-ethyl adjacent to an activating group) is 1. The average molecular weight is 797 g/mol. The summed E-state index contributed by atoms with van der Waals surface area (Å²) in [4.78, 5) is 114. The third kappa shape index (κ3) is 14.9. The highest BCUT2D eigenvalue weighted by molar-refractivity contribution is 5.87. The molecule has 0 radical (unpaired) electrons. The topological polar surface area (TPSA) is 251 Å². The first kappa shape index (κ1) is 47.9. The van der Waals surface area contributed by atoms with Crippen molar-refractivity contribution in [2.75, 3.05) is 46.6 Å². The second-order valence-corrected chi connectivity index (χ2v) is 12.6. The van der Waals surface area contributed by atoms with E-state index in [9.17, 15) is 43.2 Å². The van der Waals surface area contributed by atoms with Gasteiger partial charge in [0.15, 0.2) is 0 Å². The highest BCUT2D eigenvalue weighted by Gasteiger charge is 2.30. The summed E-state index contributed by atoms with van der Waals surface area (Å²) in [6, 6.07) is -1.88. The Kier molecular flexibility index (Phi) is 19.6. The van der Waals surface area contributed by atoms with Crippen molar-refractivity contribution in [1.29, 1.82) is 0 Å². The quantitative estimate of drug-likeness (QED) is 0.0755. The molecule has 0 fully saturated rings. The lowest BCUT2D eigenvalue weighted by Gasteiger charge is -2.31. The Morgan fingerprint density at radius 3 is 1.41 bits per heavy atom. The SMILES string of the molecule is C=C(C)C(=O)OCCNC(=O)OCCn1c(=O)n(CCOC(=O)NCCOC(=O)C(=C)C)c(=O)n(C(C)C(C)OC(=O)N(C)C(C)C(C)OC(=O)C(=C)C)c1=O. The van der Waals surface area contributed by atoms with Gasteiger partial charge in [0.25, 0.3) is 0 Å². The number of carbonyl (C=O) groups excluding carboxylic acids is 6. The second kappa shape index (κ2) is 22.9. The number of nitrogens with one attached hydrogen (secondary N) is 2. The van der Waals surface area contributed by atoms with Gasteiger partial charge in [0, 0.05) is 23.8 Å². The molecular formula is C35H52N6O15. The lowest BCUT2D eigenvalue weighted by Crippen LogP contribution is -2.57. The fourth-order valence-corrected chi connectivity index (χ4v) is 4.18. The van der Waals surface area contributed by atoms with Gasteiger partial charge in [0.1, 0.15) is 38.6 Å². The molecule has 4 unspecified atom stereocenters. The molecule has 0 saturated heterocycles. The summed E-state index contributed by atoms with van der Waals surface area (Å²) >= 11 is 0. The van der Waals surface area contributed by atoms with Gasteiger partial charge in [0.05, 0.1) is 38.3 Å². The van der Waals surface area contributed by atoms with Crippen molar-refractivity contribution in [3.8, 4) is 0 Å². The van der Waals surface area contributed by atoms with Crippen LogP contribution in [-0.2, 0) is 55.9 Å². The Bertz CT molecular complexity index is 1740. The normalized spacial score (nSPS) is 12.7. The summed E-state index contributed by atoms with van der Waals surface area (Å²) in [7, 11) is 1.39. The first-order chi connectivity index (χ1) is 26.1. The molecule has 4 atom stereocenters. The molecule has 0 aromatic carbocycles. The van der Waals surface area contributed by atoms with Crippen LogP contribution in [0, 0.1) is 0 Å². The first-order valence-electron chi connectivity index (χ1n) is 17.3. The highest BCUT2D eigenvalue weighted by Crippen LogP contribution is 2.15. The van der Waals surface area contributed by atoms with Crippen LogP contribution >= 0.6 is 0 Å². The summed E-state index contributed by atoms with van der Waals surface area (Å²) in [5.74, 6) is -1.97. The van der Waals surface area contributed by atoms with E-state index in [1.54, 1.807) is 13.8 Å². The molecule has 1 rings (SSSR count). The van der Waals surface area contributed by atoms with Crippen molar-refractivity contribution in [1.82, 2.24) is 29.2 Å². The van der Waals surface area contributed by atoms with Gasteiger partial charge in [-0.2, -0.15) is 0 Å². The van der Waals surface area contributed by atoms with Crippen molar-refractivity contribution in [3.63, 3.8) is 0 Å². The van der Waals surface area contributed by atoms with E-state index >= 15 is 0 Å². The molecule has 0 bridgehead atoms. The molecule has 0 spiro atoms. The molecule has 0 aliphatic rings. The Morgan fingerprint density at radius 2 is 1.02 bits per heavy atom. The standard InChI is InChI=1S/C35H52N6O15/c1-20(2)27(42)51-16-12-36-30(45)53-18-14-39-32(47)40(15-19-54-31(46)37-13-17-52-28(43)21(3)4)34(49)41(33(39)48)24(8)26(10)56-35(50)38(11)23(7)25(9)55-29(44)22(5)6/h23-26H,1,3,5,12-19H2,2,4,6-11H3,(H,36,45)(H,37,46). The molecule has 21 heteroatoms. The fraction of sp³-hybridized carbons (Fsp3) is 0.571. The van der Waals surface area contributed by atoms with Crippen molar-refractivity contribution in [2.24, 2.45) is 0 Å². The van der Waals surface area contributed by atoms with E-state index in [0.29, 0.717) is 13.7 Å². The Balaban J connectivity index is 3.24. The van der Waals surface area contributed by atoms with Gasteiger partial charge >= 0.3 is 53.3 Å². The number of rotatable bonds is 21. The summed E-state index contributed by atoms with van der Waals surface area (Å²) in [6.45, 7) is 18.0. The molecule has 312 valence electrons. The van der Waals surface area contributed by atoms with Crippen LogP contribution in [0.5, 0.6) is 0 Å². The summed E-state index contributed by atoms with van der Waals surface area (Å²) in [5.41, 5.74) is -2.91. The third-order valence-corrected chi connectivity index (χ3v) is 7.93. The van der Waals surface area contributed by atoms with Gasteiger partial charge in [-0.3, -0.25) is 0 Å². The summed E-state index contributed by atoms with van der Waals surface area (Å²) in [5, 5.41) is 4.65. The van der Waals surface area contributed by atoms with Crippen LogP contribution in [0.3, 0.4) is 0 Å². The van der Waals surface area contributed by atoms with Crippen molar-refractivity contribution in [2.45, 2.75) is 85.8 Å². The maximum Gasteiger partial charge on any atom is 0.410 e. The molecule has 1 aromatic heterocycles. The summed E-state index contributed by atoms with van der Waals surface area (Å²) < 4.78 is 32.5. The van der Waals surface area contributed by atoms with Crippen molar-refractivity contribution < 1.29 is 57.2 Å². The molecule has 21 nitrogen and oxygen atoms in total. The van der Waals surface area contributed by atoms with E-state index in [-0.39, 0.29) is 43.0 Å². The van der Waals surface area contributed by atoms with E-state index in [0.717, 1.165) is 4.90 Å². The van der Waals surface area contributed by atoms with Crippen LogP contribution < -0.4 is 27.7 Å². The van der Waals surface area contributed by atoms with E-state index in [4.69, 9.17) is 28.4 Å². The van der Waals surface area contributed by atoms with Crippen LogP contribution in [0.15, 0.2) is 50.8 Å². The van der Waals surface area contributed by atoms with Crippen LogP contribution in [0.25, 0.3) is 0 Å². The Morgan fingerprint density at radius 1 is 0.607 bits per heavy atom. The number of hydrogen-bond acceptors (Lipinski definition) is 15. The zero-order valence-corrected chi connectivity index (χ0v) is 33.0. The molecular weight excluding hydrogens is 744 g/mol. The maximum atomic E-state index is 13.7. The lowest BCUT2D eigenvalue weighted by molar-refractivity contribution is -0.146.